The van der Waals surface area contributed by atoms with E-state index >= 15 is 0 Å². The Kier molecular flexibility index (Phi) is 5.63. The van der Waals surface area contributed by atoms with Gasteiger partial charge in [0.15, 0.2) is 0 Å². The van der Waals surface area contributed by atoms with Gasteiger partial charge in [0.25, 0.3) is 0 Å². The van der Waals surface area contributed by atoms with Crippen LogP contribution in [0, 0.1) is 6.92 Å². The van der Waals surface area contributed by atoms with Gasteiger partial charge in [-0.1, -0.05) is 29.9 Å². The number of allylic oxidation sites excluding steroid dienone is 1. The standard InChI is InChI=1S/C17H18ClNO2S/c1-4-11(2)10-21-16-9-13(5-6-15(16)18)19-17(22)14-7-8-20-12(14)3/h4-9H,10H2,1-3H3,(H,19,22). The van der Waals surface area contributed by atoms with Gasteiger partial charge in [-0.3, -0.25) is 0 Å². The number of hydrogen-bond acceptors (Lipinski definition) is 3. The minimum atomic E-state index is 0.505. The van der Waals surface area contributed by atoms with Crippen LogP contribution in [0.25, 0.3) is 0 Å². The fourth-order valence-electron chi connectivity index (χ4n) is 1.79. The summed E-state index contributed by atoms with van der Waals surface area (Å²) in [6.45, 7) is 6.36. The number of rotatable bonds is 5. The number of furan rings is 1. The first kappa shape index (κ1) is 16.6. The smallest absolute Gasteiger partial charge is 0.140 e. The molecule has 3 nitrogen and oxygen atoms in total. The maximum absolute atomic E-state index is 6.16. The van der Waals surface area contributed by atoms with E-state index in [1.54, 1.807) is 12.3 Å². The summed E-state index contributed by atoms with van der Waals surface area (Å²) >= 11 is 11.6. The number of hydrogen-bond donors (Lipinski definition) is 1. The maximum Gasteiger partial charge on any atom is 0.140 e. The average molecular weight is 336 g/mol. The highest BCUT2D eigenvalue weighted by atomic mass is 35.5. The van der Waals surface area contributed by atoms with Crippen molar-refractivity contribution in [3.05, 3.63) is 58.5 Å². The molecule has 0 spiro atoms. The van der Waals surface area contributed by atoms with Crippen molar-refractivity contribution in [3.8, 4) is 5.75 Å². The molecule has 0 saturated carbocycles. The highest BCUT2D eigenvalue weighted by Gasteiger charge is 2.09. The monoisotopic (exact) mass is 335 g/mol. The van der Waals surface area contributed by atoms with Gasteiger partial charge in [-0.25, -0.2) is 0 Å². The second-order valence-corrected chi connectivity index (χ2v) is 5.73. The van der Waals surface area contributed by atoms with E-state index in [1.807, 2.05) is 45.0 Å². The van der Waals surface area contributed by atoms with Crippen molar-refractivity contribution < 1.29 is 9.15 Å². The molecule has 0 aliphatic heterocycles. The SMILES string of the molecule is CC=C(C)COc1cc(NC(=S)c2ccoc2C)ccc1Cl. The van der Waals surface area contributed by atoms with E-state index in [0.717, 1.165) is 22.6 Å². The average Bonchev–Trinajstić information content (AvgIpc) is 2.93. The molecule has 22 heavy (non-hydrogen) atoms. The molecule has 1 aromatic heterocycles. The largest absolute Gasteiger partial charge is 0.488 e. The molecule has 0 fully saturated rings. The molecule has 0 bridgehead atoms. The lowest BCUT2D eigenvalue weighted by Crippen LogP contribution is -2.11. The van der Waals surface area contributed by atoms with Crippen LogP contribution in [-0.2, 0) is 0 Å². The summed E-state index contributed by atoms with van der Waals surface area (Å²) in [4.78, 5) is 0.601. The van der Waals surface area contributed by atoms with Gasteiger partial charge >= 0.3 is 0 Å². The molecule has 0 radical (unpaired) electrons. The van der Waals surface area contributed by atoms with Crippen LogP contribution in [0.4, 0.5) is 5.69 Å². The van der Waals surface area contributed by atoms with Crippen LogP contribution in [0.2, 0.25) is 5.02 Å². The third-order valence-electron chi connectivity index (χ3n) is 3.24. The zero-order valence-corrected chi connectivity index (χ0v) is 14.3. The Morgan fingerprint density at radius 2 is 2.18 bits per heavy atom. The predicted octanol–water partition coefficient (Wildman–Crippen LogP) is 5.37. The summed E-state index contributed by atoms with van der Waals surface area (Å²) in [6.07, 6.45) is 3.63. The molecular formula is C17H18ClNO2S. The summed E-state index contributed by atoms with van der Waals surface area (Å²) in [5, 5.41) is 3.74. The zero-order chi connectivity index (χ0) is 16.1. The molecule has 0 atom stereocenters. The fraction of sp³-hybridized carbons (Fsp3) is 0.235. The summed E-state index contributed by atoms with van der Waals surface area (Å²) in [7, 11) is 0. The van der Waals surface area contributed by atoms with Crippen LogP contribution in [-0.4, -0.2) is 11.6 Å². The van der Waals surface area contributed by atoms with Gasteiger partial charge in [-0.05, 0) is 44.5 Å². The highest BCUT2D eigenvalue weighted by molar-refractivity contribution is 7.81. The van der Waals surface area contributed by atoms with Gasteiger partial charge in [0.2, 0.25) is 0 Å². The number of thiocarbonyl (C=S) groups is 1. The van der Waals surface area contributed by atoms with Crippen molar-refractivity contribution >= 4 is 34.5 Å². The Balaban J connectivity index is 2.12. The first-order valence-electron chi connectivity index (χ1n) is 6.91. The van der Waals surface area contributed by atoms with Gasteiger partial charge in [0.05, 0.1) is 16.8 Å². The van der Waals surface area contributed by atoms with Crippen LogP contribution in [0.15, 0.2) is 46.6 Å². The first-order valence-corrected chi connectivity index (χ1v) is 7.69. The highest BCUT2D eigenvalue weighted by Crippen LogP contribution is 2.28. The molecule has 0 saturated heterocycles. The molecule has 0 unspecified atom stereocenters. The van der Waals surface area contributed by atoms with E-state index in [4.69, 9.17) is 33.0 Å². The van der Waals surface area contributed by atoms with Crippen LogP contribution in [0.5, 0.6) is 5.75 Å². The summed E-state index contributed by atoms with van der Waals surface area (Å²) in [6, 6.07) is 7.33. The summed E-state index contributed by atoms with van der Waals surface area (Å²) in [5.41, 5.74) is 2.83. The number of anilines is 1. The molecular weight excluding hydrogens is 318 g/mol. The van der Waals surface area contributed by atoms with Gasteiger partial charge < -0.3 is 14.5 Å². The van der Waals surface area contributed by atoms with Crippen molar-refractivity contribution in [2.24, 2.45) is 0 Å². The van der Waals surface area contributed by atoms with Gasteiger partial charge in [-0.15, -0.1) is 0 Å². The lowest BCUT2D eigenvalue weighted by Gasteiger charge is -2.12. The van der Waals surface area contributed by atoms with E-state index in [0.29, 0.717) is 22.4 Å². The van der Waals surface area contributed by atoms with Crippen molar-refractivity contribution in [1.29, 1.82) is 0 Å². The van der Waals surface area contributed by atoms with E-state index in [-0.39, 0.29) is 0 Å². The topological polar surface area (TPSA) is 34.4 Å². The molecule has 2 rings (SSSR count). The lowest BCUT2D eigenvalue weighted by atomic mass is 10.2. The third kappa shape index (κ3) is 4.12. The quantitative estimate of drug-likeness (QED) is 0.588. The van der Waals surface area contributed by atoms with Crippen LogP contribution in [0.3, 0.4) is 0 Å². The maximum atomic E-state index is 6.16. The van der Waals surface area contributed by atoms with Gasteiger partial charge in [-0.2, -0.15) is 0 Å². The Morgan fingerprint density at radius 1 is 1.41 bits per heavy atom. The Hall–Kier alpha value is -1.78. The summed E-state index contributed by atoms with van der Waals surface area (Å²) < 4.78 is 11.0. The Labute approximate surface area is 140 Å². The first-order chi connectivity index (χ1) is 10.5. The minimum Gasteiger partial charge on any atom is -0.488 e. The molecule has 116 valence electrons. The molecule has 5 heteroatoms. The van der Waals surface area contributed by atoms with E-state index in [9.17, 15) is 0 Å². The number of benzene rings is 1. The Bertz CT molecular complexity index is 706. The lowest BCUT2D eigenvalue weighted by molar-refractivity contribution is 0.352. The molecule has 2 aromatic rings. The number of ether oxygens (including phenoxy) is 1. The molecule has 1 N–H and O–H groups in total. The van der Waals surface area contributed by atoms with E-state index in [2.05, 4.69) is 5.32 Å². The second kappa shape index (κ2) is 7.47. The van der Waals surface area contributed by atoms with Crippen LogP contribution >= 0.6 is 23.8 Å². The third-order valence-corrected chi connectivity index (χ3v) is 3.87. The molecule has 0 aliphatic rings. The normalized spacial score (nSPS) is 11.4. The number of nitrogens with one attached hydrogen (secondary N) is 1. The zero-order valence-electron chi connectivity index (χ0n) is 12.8. The molecule has 0 amide bonds. The Morgan fingerprint density at radius 3 is 2.82 bits per heavy atom. The molecule has 0 aliphatic carbocycles. The second-order valence-electron chi connectivity index (χ2n) is 4.91. The molecule has 1 heterocycles. The van der Waals surface area contributed by atoms with Crippen molar-refractivity contribution in [1.82, 2.24) is 0 Å². The number of halogens is 1. The van der Waals surface area contributed by atoms with E-state index < -0.39 is 0 Å². The van der Waals surface area contributed by atoms with E-state index in [1.165, 1.54) is 0 Å². The van der Waals surface area contributed by atoms with Gasteiger partial charge in [0, 0.05) is 11.8 Å². The number of aryl methyl sites for hydroxylation is 1. The van der Waals surface area contributed by atoms with Gasteiger partial charge in [0.1, 0.15) is 23.1 Å². The predicted molar refractivity (Wildman–Crippen MR) is 95.1 cm³/mol. The molecule has 1 aromatic carbocycles. The summed E-state index contributed by atoms with van der Waals surface area (Å²) in [5.74, 6) is 1.41. The van der Waals surface area contributed by atoms with Crippen LogP contribution < -0.4 is 10.1 Å². The van der Waals surface area contributed by atoms with Crippen molar-refractivity contribution in [2.75, 3.05) is 11.9 Å². The minimum absolute atomic E-state index is 0.505. The van der Waals surface area contributed by atoms with Crippen molar-refractivity contribution in [2.45, 2.75) is 20.8 Å². The van der Waals surface area contributed by atoms with Crippen LogP contribution in [0.1, 0.15) is 25.2 Å². The van der Waals surface area contributed by atoms with Crippen molar-refractivity contribution in [3.63, 3.8) is 0 Å². The fourth-order valence-corrected chi connectivity index (χ4v) is 2.29.